The maximum atomic E-state index is 13.6. The van der Waals surface area contributed by atoms with E-state index in [1.165, 1.54) is 30.3 Å². The van der Waals surface area contributed by atoms with Gasteiger partial charge in [0, 0.05) is 11.4 Å². The maximum absolute atomic E-state index is 13.6. The molecule has 19 heavy (non-hydrogen) atoms. The molecule has 0 amide bonds. The summed E-state index contributed by atoms with van der Waals surface area (Å²) < 4.78 is 26.7. The van der Waals surface area contributed by atoms with Crippen LogP contribution in [0.5, 0.6) is 0 Å². The average molecular weight is 283 g/mol. The van der Waals surface area contributed by atoms with Gasteiger partial charge in [-0.25, -0.2) is 8.78 Å². The van der Waals surface area contributed by atoms with Crippen molar-refractivity contribution in [1.29, 1.82) is 0 Å². The zero-order valence-electron chi connectivity index (χ0n) is 10.3. The minimum atomic E-state index is -0.896. The fourth-order valence-corrected chi connectivity index (χ4v) is 2.10. The lowest BCUT2D eigenvalue weighted by Crippen LogP contribution is -2.04. The van der Waals surface area contributed by atoms with Crippen molar-refractivity contribution >= 4 is 11.6 Å². The predicted molar refractivity (Wildman–Crippen MR) is 71.2 cm³/mol. The zero-order valence-corrected chi connectivity index (χ0v) is 11.1. The second-order valence-electron chi connectivity index (χ2n) is 4.46. The van der Waals surface area contributed by atoms with Crippen molar-refractivity contribution in [3.05, 3.63) is 69.7 Å². The summed E-state index contributed by atoms with van der Waals surface area (Å²) >= 11 is 5.79. The molecule has 2 rings (SSSR count). The van der Waals surface area contributed by atoms with Gasteiger partial charge < -0.3 is 5.11 Å². The minimum Gasteiger partial charge on any atom is -0.388 e. The average Bonchev–Trinajstić information content (AvgIpc) is 2.37. The highest BCUT2D eigenvalue weighted by Crippen LogP contribution is 2.23. The van der Waals surface area contributed by atoms with Gasteiger partial charge in [-0.1, -0.05) is 23.7 Å². The Kier molecular flexibility index (Phi) is 4.17. The second kappa shape index (κ2) is 5.68. The molecular formula is C15H13ClF2O. The largest absolute Gasteiger partial charge is 0.388 e. The summed E-state index contributed by atoms with van der Waals surface area (Å²) in [5.41, 5.74) is 1.34. The minimum absolute atomic E-state index is 0.0947. The molecule has 0 radical (unpaired) electrons. The van der Waals surface area contributed by atoms with Crippen LogP contribution in [0.2, 0.25) is 5.02 Å². The van der Waals surface area contributed by atoms with E-state index in [0.717, 1.165) is 0 Å². The number of aryl methyl sites for hydroxylation is 1. The maximum Gasteiger partial charge on any atom is 0.126 e. The van der Waals surface area contributed by atoms with E-state index in [-0.39, 0.29) is 12.2 Å². The Labute approximate surface area is 115 Å². The molecule has 1 atom stereocenters. The number of aliphatic hydroxyl groups is 1. The van der Waals surface area contributed by atoms with Crippen LogP contribution < -0.4 is 0 Å². The topological polar surface area (TPSA) is 20.2 Å². The fraction of sp³-hybridized carbons (Fsp3) is 0.200. The SMILES string of the molecule is Cc1cc(C(O)Cc2cc(Cl)ccc2F)ccc1F. The highest BCUT2D eigenvalue weighted by molar-refractivity contribution is 6.30. The van der Waals surface area contributed by atoms with E-state index in [2.05, 4.69) is 0 Å². The van der Waals surface area contributed by atoms with Crippen LogP contribution in [0, 0.1) is 18.6 Å². The Morgan fingerprint density at radius 3 is 2.47 bits per heavy atom. The zero-order chi connectivity index (χ0) is 14.0. The lowest BCUT2D eigenvalue weighted by atomic mass is 9.99. The van der Waals surface area contributed by atoms with Crippen LogP contribution in [0.1, 0.15) is 22.8 Å². The van der Waals surface area contributed by atoms with Gasteiger partial charge in [0.05, 0.1) is 6.10 Å². The van der Waals surface area contributed by atoms with Crippen LogP contribution in [-0.4, -0.2) is 5.11 Å². The Bertz CT molecular complexity index is 599. The van der Waals surface area contributed by atoms with Crippen LogP contribution in [0.3, 0.4) is 0 Å². The Morgan fingerprint density at radius 1 is 1.11 bits per heavy atom. The molecule has 0 aliphatic carbocycles. The van der Waals surface area contributed by atoms with E-state index in [9.17, 15) is 13.9 Å². The van der Waals surface area contributed by atoms with Gasteiger partial charge >= 0.3 is 0 Å². The number of benzene rings is 2. The Morgan fingerprint density at radius 2 is 1.79 bits per heavy atom. The van der Waals surface area contributed by atoms with Gasteiger partial charge in [-0.15, -0.1) is 0 Å². The van der Waals surface area contributed by atoms with Crippen molar-refractivity contribution in [3.63, 3.8) is 0 Å². The van der Waals surface area contributed by atoms with Gasteiger partial charge in [0.1, 0.15) is 11.6 Å². The summed E-state index contributed by atoms with van der Waals surface area (Å²) in [5, 5.41) is 10.5. The summed E-state index contributed by atoms with van der Waals surface area (Å²) in [5.74, 6) is -0.743. The monoisotopic (exact) mass is 282 g/mol. The third kappa shape index (κ3) is 3.31. The number of hydrogen-bond donors (Lipinski definition) is 1. The molecule has 0 saturated carbocycles. The lowest BCUT2D eigenvalue weighted by Gasteiger charge is -2.13. The van der Waals surface area contributed by atoms with Crippen LogP contribution in [0.15, 0.2) is 36.4 Å². The molecule has 2 aromatic carbocycles. The van der Waals surface area contributed by atoms with Crippen molar-refractivity contribution in [2.24, 2.45) is 0 Å². The lowest BCUT2D eigenvalue weighted by molar-refractivity contribution is 0.177. The molecule has 0 bridgehead atoms. The first-order valence-electron chi connectivity index (χ1n) is 5.85. The smallest absolute Gasteiger partial charge is 0.126 e. The Balaban J connectivity index is 2.22. The van der Waals surface area contributed by atoms with Crippen LogP contribution >= 0.6 is 11.6 Å². The number of halogens is 3. The predicted octanol–water partition coefficient (Wildman–Crippen LogP) is 4.20. The van der Waals surface area contributed by atoms with E-state index >= 15 is 0 Å². The summed E-state index contributed by atoms with van der Waals surface area (Å²) in [7, 11) is 0. The van der Waals surface area contributed by atoms with Gasteiger partial charge in [0.25, 0.3) is 0 Å². The van der Waals surface area contributed by atoms with Gasteiger partial charge in [0.2, 0.25) is 0 Å². The highest BCUT2D eigenvalue weighted by Gasteiger charge is 2.13. The van der Waals surface area contributed by atoms with Crippen LogP contribution in [0.25, 0.3) is 0 Å². The molecule has 0 fully saturated rings. The van der Waals surface area contributed by atoms with Crippen molar-refractivity contribution in [2.75, 3.05) is 0 Å². The van der Waals surface area contributed by atoms with Crippen molar-refractivity contribution in [2.45, 2.75) is 19.4 Å². The van der Waals surface area contributed by atoms with Gasteiger partial charge in [-0.2, -0.15) is 0 Å². The normalized spacial score (nSPS) is 12.5. The molecule has 0 aliphatic heterocycles. The van der Waals surface area contributed by atoms with Gasteiger partial charge in [-0.3, -0.25) is 0 Å². The molecule has 100 valence electrons. The van der Waals surface area contributed by atoms with E-state index < -0.39 is 11.9 Å². The number of hydrogen-bond acceptors (Lipinski definition) is 1. The Hall–Kier alpha value is -1.45. The highest BCUT2D eigenvalue weighted by atomic mass is 35.5. The first-order chi connectivity index (χ1) is 8.97. The van der Waals surface area contributed by atoms with Crippen LogP contribution in [-0.2, 0) is 6.42 Å². The van der Waals surface area contributed by atoms with Crippen molar-refractivity contribution < 1.29 is 13.9 Å². The first kappa shape index (κ1) is 14.0. The number of rotatable bonds is 3. The van der Waals surface area contributed by atoms with Crippen LogP contribution in [0.4, 0.5) is 8.78 Å². The third-order valence-electron chi connectivity index (χ3n) is 2.99. The summed E-state index contributed by atoms with van der Waals surface area (Å²) in [4.78, 5) is 0. The molecule has 0 aromatic heterocycles. The van der Waals surface area contributed by atoms with E-state index in [1.807, 2.05) is 0 Å². The first-order valence-corrected chi connectivity index (χ1v) is 6.23. The quantitative estimate of drug-likeness (QED) is 0.894. The second-order valence-corrected chi connectivity index (χ2v) is 4.90. The molecule has 0 aliphatic rings. The third-order valence-corrected chi connectivity index (χ3v) is 3.22. The van der Waals surface area contributed by atoms with E-state index in [0.29, 0.717) is 21.7 Å². The number of aliphatic hydroxyl groups excluding tert-OH is 1. The summed E-state index contributed by atoms with van der Waals surface area (Å²) in [6, 6.07) is 8.55. The molecule has 0 spiro atoms. The molecule has 0 saturated heterocycles. The van der Waals surface area contributed by atoms with Gasteiger partial charge in [-0.05, 0) is 47.9 Å². The summed E-state index contributed by atoms with van der Waals surface area (Å²) in [6.07, 6.45) is -0.801. The standard InChI is InChI=1S/C15H13ClF2O/c1-9-6-10(2-4-13(9)17)15(19)8-11-7-12(16)3-5-14(11)18/h2-7,15,19H,8H2,1H3. The van der Waals surface area contributed by atoms with E-state index in [1.54, 1.807) is 13.0 Å². The molecule has 1 unspecified atom stereocenters. The molecular weight excluding hydrogens is 270 g/mol. The van der Waals surface area contributed by atoms with Crippen molar-refractivity contribution in [1.82, 2.24) is 0 Å². The molecule has 1 N–H and O–H groups in total. The fourth-order valence-electron chi connectivity index (χ4n) is 1.90. The summed E-state index contributed by atoms with van der Waals surface area (Å²) in [6.45, 7) is 1.62. The molecule has 2 aromatic rings. The van der Waals surface area contributed by atoms with Gasteiger partial charge in [0.15, 0.2) is 0 Å². The molecule has 0 heterocycles. The molecule has 4 heteroatoms. The van der Waals surface area contributed by atoms with Crippen molar-refractivity contribution in [3.8, 4) is 0 Å². The molecule has 1 nitrogen and oxygen atoms in total. The van der Waals surface area contributed by atoms with E-state index in [4.69, 9.17) is 11.6 Å².